The summed E-state index contributed by atoms with van der Waals surface area (Å²) in [6.07, 6.45) is -1.44. The number of aliphatic hydroxyl groups is 3. The Labute approximate surface area is 91.5 Å². The molecule has 3 N–H and O–H groups in total. The average molecular weight is 228 g/mol. The molecule has 0 bridgehead atoms. The highest BCUT2D eigenvalue weighted by Gasteiger charge is 2.38. The molecule has 0 aromatic heterocycles. The monoisotopic (exact) mass is 228 g/mol. The highest BCUT2D eigenvalue weighted by molar-refractivity contribution is 6.01. The SMILES string of the molecule is C/C=C/C(=O)OC1=C[C@H](O)[C@H](O)[C@H](O)C1=O. The van der Waals surface area contributed by atoms with Crippen molar-refractivity contribution in [2.75, 3.05) is 0 Å². The van der Waals surface area contributed by atoms with E-state index in [9.17, 15) is 19.8 Å². The molecule has 0 aliphatic heterocycles. The van der Waals surface area contributed by atoms with E-state index in [-0.39, 0.29) is 0 Å². The Morgan fingerprint density at radius 2 is 2.06 bits per heavy atom. The predicted molar refractivity (Wildman–Crippen MR) is 52.0 cm³/mol. The van der Waals surface area contributed by atoms with Gasteiger partial charge < -0.3 is 20.1 Å². The van der Waals surface area contributed by atoms with Gasteiger partial charge in [0.15, 0.2) is 5.76 Å². The Balaban J connectivity index is 2.84. The van der Waals surface area contributed by atoms with Crippen LogP contribution >= 0.6 is 0 Å². The van der Waals surface area contributed by atoms with Crippen LogP contribution in [0.4, 0.5) is 0 Å². The fraction of sp³-hybridized carbons (Fsp3) is 0.400. The van der Waals surface area contributed by atoms with Gasteiger partial charge in [0.1, 0.15) is 18.3 Å². The lowest BCUT2D eigenvalue weighted by Crippen LogP contribution is -2.46. The van der Waals surface area contributed by atoms with Crippen molar-refractivity contribution in [3.63, 3.8) is 0 Å². The molecule has 1 aliphatic carbocycles. The van der Waals surface area contributed by atoms with Crippen molar-refractivity contribution in [1.82, 2.24) is 0 Å². The highest BCUT2D eigenvalue weighted by Crippen LogP contribution is 2.17. The lowest BCUT2D eigenvalue weighted by Gasteiger charge is -2.25. The summed E-state index contributed by atoms with van der Waals surface area (Å²) in [6.45, 7) is 1.59. The topological polar surface area (TPSA) is 104 Å². The van der Waals surface area contributed by atoms with Gasteiger partial charge in [-0.05, 0) is 13.0 Å². The number of hydrogen-bond donors (Lipinski definition) is 3. The number of hydrogen-bond acceptors (Lipinski definition) is 6. The maximum Gasteiger partial charge on any atom is 0.335 e. The largest absolute Gasteiger partial charge is 0.420 e. The minimum atomic E-state index is -1.78. The summed E-state index contributed by atoms with van der Waals surface area (Å²) in [4.78, 5) is 22.4. The Kier molecular flexibility index (Phi) is 3.94. The van der Waals surface area contributed by atoms with Crippen LogP contribution in [0.3, 0.4) is 0 Å². The van der Waals surface area contributed by atoms with E-state index in [2.05, 4.69) is 4.74 Å². The minimum Gasteiger partial charge on any atom is -0.420 e. The first kappa shape index (κ1) is 12.6. The second kappa shape index (κ2) is 5.02. The van der Waals surface area contributed by atoms with Crippen LogP contribution in [-0.2, 0) is 14.3 Å². The van der Waals surface area contributed by atoms with Crippen molar-refractivity contribution in [3.8, 4) is 0 Å². The molecule has 6 heteroatoms. The van der Waals surface area contributed by atoms with Gasteiger partial charge in [-0.25, -0.2) is 4.79 Å². The molecule has 16 heavy (non-hydrogen) atoms. The number of allylic oxidation sites excluding steroid dienone is 1. The van der Waals surface area contributed by atoms with Gasteiger partial charge in [-0.2, -0.15) is 0 Å². The molecule has 0 radical (unpaired) electrons. The highest BCUT2D eigenvalue weighted by atomic mass is 16.5. The quantitative estimate of drug-likeness (QED) is 0.399. The molecule has 0 aromatic carbocycles. The molecule has 0 heterocycles. The molecule has 0 fully saturated rings. The first-order valence-electron chi connectivity index (χ1n) is 4.62. The molecule has 1 aliphatic rings. The zero-order chi connectivity index (χ0) is 12.3. The third-order valence-corrected chi connectivity index (χ3v) is 2.02. The number of esters is 1. The van der Waals surface area contributed by atoms with Crippen molar-refractivity contribution in [2.45, 2.75) is 25.2 Å². The summed E-state index contributed by atoms with van der Waals surface area (Å²) >= 11 is 0. The number of ether oxygens (including phenoxy) is 1. The standard InChI is InChI=1S/C10H12O6/c1-2-3-7(12)16-6-4-5(11)8(13)10(15)9(6)14/h2-5,8,10-11,13,15H,1H3/b3-2+/t5-,8-,10-/m0/s1. The lowest BCUT2D eigenvalue weighted by atomic mass is 9.96. The second-order valence-corrected chi connectivity index (χ2v) is 3.24. The molecular formula is C10H12O6. The zero-order valence-corrected chi connectivity index (χ0v) is 8.53. The Morgan fingerprint density at radius 1 is 1.44 bits per heavy atom. The Morgan fingerprint density at radius 3 is 2.62 bits per heavy atom. The van der Waals surface area contributed by atoms with E-state index in [0.29, 0.717) is 0 Å². The summed E-state index contributed by atoms with van der Waals surface area (Å²) in [5.41, 5.74) is 0. The van der Waals surface area contributed by atoms with E-state index < -0.39 is 35.8 Å². The smallest absolute Gasteiger partial charge is 0.335 e. The molecule has 88 valence electrons. The van der Waals surface area contributed by atoms with E-state index in [1.54, 1.807) is 6.92 Å². The molecule has 0 spiro atoms. The zero-order valence-electron chi connectivity index (χ0n) is 8.53. The van der Waals surface area contributed by atoms with Crippen LogP contribution in [0.1, 0.15) is 6.92 Å². The van der Waals surface area contributed by atoms with Crippen LogP contribution in [0.5, 0.6) is 0 Å². The van der Waals surface area contributed by atoms with Gasteiger partial charge in [-0.3, -0.25) is 4.79 Å². The van der Waals surface area contributed by atoms with Crippen molar-refractivity contribution in [1.29, 1.82) is 0 Å². The molecule has 0 saturated heterocycles. The Bertz CT molecular complexity index is 356. The minimum absolute atomic E-state index is 0.464. The first-order chi connectivity index (χ1) is 7.47. The molecular weight excluding hydrogens is 216 g/mol. The van der Waals surface area contributed by atoms with Gasteiger partial charge in [-0.15, -0.1) is 0 Å². The van der Waals surface area contributed by atoms with Crippen LogP contribution in [0.2, 0.25) is 0 Å². The van der Waals surface area contributed by atoms with E-state index in [4.69, 9.17) is 5.11 Å². The number of ketones is 1. The molecule has 0 amide bonds. The third kappa shape index (κ3) is 2.54. The van der Waals surface area contributed by atoms with Crippen LogP contribution in [0, 0.1) is 0 Å². The summed E-state index contributed by atoms with van der Waals surface area (Å²) < 4.78 is 4.59. The maximum absolute atomic E-state index is 11.3. The van der Waals surface area contributed by atoms with Crippen molar-refractivity contribution >= 4 is 11.8 Å². The summed E-state index contributed by atoms with van der Waals surface area (Å²) in [7, 11) is 0. The lowest BCUT2D eigenvalue weighted by molar-refractivity contribution is -0.146. The van der Waals surface area contributed by atoms with Gasteiger partial charge in [0.05, 0.1) is 0 Å². The van der Waals surface area contributed by atoms with E-state index in [0.717, 1.165) is 12.2 Å². The summed E-state index contributed by atoms with van der Waals surface area (Å²) in [5, 5.41) is 27.6. The first-order valence-corrected chi connectivity index (χ1v) is 4.62. The number of carbonyl (C=O) groups excluding carboxylic acids is 2. The predicted octanol–water partition coefficient (Wildman–Crippen LogP) is -1.35. The van der Waals surface area contributed by atoms with E-state index >= 15 is 0 Å². The molecule has 0 unspecified atom stereocenters. The van der Waals surface area contributed by atoms with Crippen LogP contribution in [0.15, 0.2) is 24.0 Å². The summed E-state index contributed by atoms with van der Waals surface area (Å²) in [5.74, 6) is -2.19. The molecule has 6 nitrogen and oxygen atoms in total. The van der Waals surface area contributed by atoms with Gasteiger partial charge in [0.25, 0.3) is 0 Å². The van der Waals surface area contributed by atoms with Crippen LogP contribution < -0.4 is 0 Å². The average Bonchev–Trinajstić information content (AvgIpc) is 2.23. The van der Waals surface area contributed by atoms with E-state index in [1.165, 1.54) is 6.08 Å². The number of Topliss-reactive ketones (excluding diaryl/α,β-unsaturated/α-hetero) is 1. The van der Waals surface area contributed by atoms with Gasteiger partial charge in [0.2, 0.25) is 5.78 Å². The number of aliphatic hydroxyl groups excluding tert-OH is 3. The van der Waals surface area contributed by atoms with Crippen LogP contribution in [-0.4, -0.2) is 45.4 Å². The fourth-order valence-electron chi connectivity index (χ4n) is 1.19. The van der Waals surface area contributed by atoms with Crippen LogP contribution in [0.25, 0.3) is 0 Å². The summed E-state index contributed by atoms with van der Waals surface area (Å²) in [6, 6.07) is 0. The second-order valence-electron chi connectivity index (χ2n) is 3.24. The van der Waals surface area contributed by atoms with Gasteiger partial charge in [0, 0.05) is 6.08 Å². The fourth-order valence-corrected chi connectivity index (χ4v) is 1.19. The number of carbonyl (C=O) groups is 2. The normalized spacial score (nSPS) is 30.4. The molecule has 3 atom stereocenters. The third-order valence-electron chi connectivity index (χ3n) is 2.02. The maximum atomic E-state index is 11.3. The van der Waals surface area contributed by atoms with Gasteiger partial charge in [-0.1, -0.05) is 6.08 Å². The Hall–Kier alpha value is -1.50. The van der Waals surface area contributed by atoms with Crippen molar-refractivity contribution in [3.05, 3.63) is 24.0 Å². The molecule has 0 aromatic rings. The van der Waals surface area contributed by atoms with Gasteiger partial charge >= 0.3 is 5.97 Å². The molecule has 0 saturated carbocycles. The number of rotatable bonds is 2. The van der Waals surface area contributed by atoms with Crippen molar-refractivity contribution in [2.24, 2.45) is 0 Å². The molecule has 1 rings (SSSR count). The van der Waals surface area contributed by atoms with E-state index in [1.807, 2.05) is 0 Å². The van der Waals surface area contributed by atoms with Crippen molar-refractivity contribution < 1.29 is 29.6 Å².